The third-order valence-electron chi connectivity index (χ3n) is 2.28. The first-order valence-electron chi connectivity index (χ1n) is 4.97. The van der Waals surface area contributed by atoms with Gasteiger partial charge in [-0.15, -0.1) is 0 Å². The van der Waals surface area contributed by atoms with Gasteiger partial charge in [0.05, 0.1) is 4.90 Å². The van der Waals surface area contributed by atoms with Crippen LogP contribution in [-0.2, 0) is 7.05 Å². The number of rotatable bonds is 3. The first-order valence-corrected chi connectivity index (χ1v) is 5.79. The molecule has 94 valence electrons. The first-order chi connectivity index (χ1) is 8.49. The Kier molecular flexibility index (Phi) is 3.33. The highest BCUT2D eigenvalue weighted by molar-refractivity contribution is 7.99. The topological polar surface area (TPSA) is 67.7 Å². The van der Waals surface area contributed by atoms with E-state index in [9.17, 15) is 8.78 Å². The van der Waals surface area contributed by atoms with Crippen LogP contribution in [0.15, 0.2) is 34.6 Å². The Morgan fingerprint density at radius 3 is 2.44 bits per heavy atom. The number of hydrogen-bond acceptors (Lipinski definition) is 3. The quantitative estimate of drug-likeness (QED) is 0.662. The number of nitrogens with one attached hydrogen (secondary N) is 1. The number of nitrogens with two attached hydrogens (primary N) is 1. The second-order valence-corrected chi connectivity index (χ2v) is 4.58. The molecule has 4 nitrogen and oxygen atoms in total. The van der Waals surface area contributed by atoms with E-state index < -0.39 is 11.6 Å². The molecule has 0 atom stereocenters. The van der Waals surface area contributed by atoms with Crippen molar-refractivity contribution in [3.63, 3.8) is 0 Å². The molecule has 7 heteroatoms. The highest BCUT2D eigenvalue weighted by Gasteiger charge is 2.15. The van der Waals surface area contributed by atoms with E-state index in [-0.39, 0.29) is 16.3 Å². The fourth-order valence-corrected chi connectivity index (χ4v) is 2.17. The minimum atomic E-state index is -0.756. The van der Waals surface area contributed by atoms with Crippen LogP contribution in [0.4, 0.5) is 8.78 Å². The minimum Gasteiger partial charge on any atom is -0.384 e. The molecule has 0 radical (unpaired) electrons. The van der Waals surface area contributed by atoms with Gasteiger partial charge in [-0.2, -0.15) is 0 Å². The molecule has 0 aliphatic heterocycles. The summed E-state index contributed by atoms with van der Waals surface area (Å²) in [5, 5.41) is 7.63. The van der Waals surface area contributed by atoms with Crippen LogP contribution in [0.25, 0.3) is 0 Å². The molecule has 1 aromatic carbocycles. The van der Waals surface area contributed by atoms with E-state index in [1.54, 1.807) is 24.0 Å². The van der Waals surface area contributed by atoms with Crippen molar-refractivity contribution >= 4 is 17.6 Å². The number of benzene rings is 1. The Balaban J connectivity index is 2.40. The summed E-state index contributed by atoms with van der Waals surface area (Å²) >= 11 is 0.885. The van der Waals surface area contributed by atoms with Gasteiger partial charge in [0.25, 0.3) is 0 Å². The van der Waals surface area contributed by atoms with Crippen LogP contribution in [0, 0.1) is 17.0 Å². The Morgan fingerprint density at radius 1 is 1.39 bits per heavy atom. The van der Waals surface area contributed by atoms with E-state index in [0.29, 0.717) is 5.16 Å². The maximum atomic E-state index is 13.7. The molecular weight excluding hydrogens is 258 g/mol. The number of halogens is 2. The van der Waals surface area contributed by atoms with Gasteiger partial charge in [-0.3, -0.25) is 5.41 Å². The van der Waals surface area contributed by atoms with Crippen molar-refractivity contribution in [2.24, 2.45) is 12.8 Å². The molecule has 0 saturated carbocycles. The summed E-state index contributed by atoms with van der Waals surface area (Å²) in [5.74, 6) is -1.89. The molecule has 1 aromatic heterocycles. The van der Waals surface area contributed by atoms with Crippen LogP contribution in [0.3, 0.4) is 0 Å². The Hall–Kier alpha value is -1.89. The fourth-order valence-electron chi connectivity index (χ4n) is 1.35. The second kappa shape index (κ2) is 4.77. The van der Waals surface area contributed by atoms with Crippen molar-refractivity contribution in [1.29, 1.82) is 5.41 Å². The van der Waals surface area contributed by atoms with E-state index in [4.69, 9.17) is 11.1 Å². The van der Waals surface area contributed by atoms with Crippen molar-refractivity contribution in [3.05, 3.63) is 41.7 Å². The van der Waals surface area contributed by atoms with Gasteiger partial charge in [0.15, 0.2) is 5.16 Å². The molecule has 0 fully saturated rings. The van der Waals surface area contributed by atoms with Crippen molar-refractivity contribution in [2.75, 3.05) is 0 Å². The van der Waals surface area contributed by atoms with Gasteiger partial charge < -0.3 is 10.3 Å². The standard InChI is InChI=1S/C11H10F2N4S/c1-17-3-2-16-11(17)18-9-7(12)4-6(10(14)15)5-8(9)13/h2-5H,1H3,(H3,14,15). The first kappa shape index (κ1) is 12.6. The SMILES string of the molecule is Cn1ccnc1Sc1c(F)cc(C(=N)N)cc1F. The smallest absolute Gasteiger partial charge is 0.172 e. The zero-order chi connectivity index (χ0) is 13.3. The third-order valence-corrected chi connectivity index (χ3v) is 3.45. The van der Waals surface area contributed by atoms with Crippen molar-refractivity contribution in [1.82, 2.24) is 9.55 Å². The average molecular weight is 268 g/mol. The maximum absolute atomic E-state index is 13.7. The molecule has 0 spiro atoms. The van der Waals surface area contributed by atoms with E-state index >= 15 is 0 Å². The highest BCUT2D eigenvalue weighted by Crippen LogP contribution is 2.31. The number of nitrogen functional groups attached to an aromatic ring is 1. The Bertz CT molecular complexity index is 586. The molecular formula is C11H10F2N4S. The Morgan fingerprint density at radius 2 is 2.00 bits per heavy atom. The molecule has 0 unspecified atom stereocenters. The molecule has 0 saturated heterocycles. The summed E-state index contributed by atoms with van der Waals surface area (Å²) in [7, 11) is 1.73. The lowest BCUT2D eigenvalue weighted by molar-refractivity contribution is 0.539. The van der Waals surface area contributed by atoms with Gasteiger partial charge in [0.1, 0.15) is 17.5 Å². The summed E-state index contributed by atoms with van der Waals surface area (Å²) in [5.41, 5.74) is 5.21. The zero-order valence-electron chi connectivity index (χ0n) is 9.45. The maximum Gasteiger partial charge on any atom is 0.172 e. The molecule has 0 bridgehead atoms. The molecule has 0 aliphatic rings. The number of imidazole rings is 1. The number of hydrogen-bond donors (Lipinski definition) is 2. The number of aryl methyl sites for hydroxylation is 1. The van der Waals surface area contributed by atoms with Gasteiger partial charge in [-0.05, 0) is 23.9 Å². The largest absolute Gasteiger partial charge is 0.384 e. The summed E-state index contributed by atoms with van der Waals surface area (Å²) in [6.45, 7) is 0. The lowest BCUT2D eigenvalue weighted by Gasteiger charge is -2.07. The van der Waals surface area contributed by atoms with E-state index in [0.717, 1.165) is 23.9 Å². The van der Waals surface area contributed by atoms with Crippen molar-refractivity contribution in [3.8, 4) is 0 Å². The predicted molar refractivity (Wildman–Crippen MR) is 64.7 cm³/mol. The summed E-state index contributed by atoms with van der Waals surface area (Å²) in [6, 6.07) is 2.08. The van der Waals surface area contributed by atoms with Crippen LogP contribution < -0.4 is 5.73 Å². The molecule has 18 heavy (non-hydrogen) atoms. The highest BCUT2D eigenvalue weighted by atomic mass is 32.2. The molecule has 2 rings (SSSR count). The number of nitrogens with zero attached hydrogens (tertiary/aromatic N) is 2. The molecule has 2 aromatic rings. The van der Waals surface area contributed by atoms with Crippen LogP contribution in [0.2, 0.25) is 0 Å². The van der Waals surface area contributed by atoms with Crippen LogP contribution in [-0.4, -0.2) is 15.4 Å². The lowest BCUT2D eigenvalue weighted by Crippen LogP contribution is -2.12. The average Bonchev–Trinajstić information content (AvgIpc) is 2.69. The summed E-state index contributed by atoms with van der Waals surface area (Å²) < 4.78 is 29.1. The van der Waals surface area contributed by atoms with E-state index in [1.807, 2.05) is 0 Å². The number of amidine groups is 1. The second-order valence-electron chi connectivity index (χ2n) is 3.61. The lowest BCUT2D eigenvalue weighted by atomic mass is 10.2. The molecule has 1 heterocycles. The van der Waals surface area contributed by atoms with Crippen LogP contribution >= 0.6 is 11.8 Å². The van der Waals surface area contributed by atoms with Gasteiger partial charge in [0, 0.05) is 25.0 Å². The van der Waals surface area contributed by atoms with Gasteiger partial charge in [-0.25, -0.2) is 13.8 Å². The van der Waals surface area contributed by atoms with Crippen LogP contribution in [0.5, 0.6) is 0 Å². The molecule has 0 aliphatic carbocycles. The molecule has 3 N–H and O–H groups in total. The minimum absolute atomic E-state index is 0.0224. The fraction of sp³-hybridized carbons (Fsp3) is 0.0909. The number of aromatic nitrogens is 2. The zero-order valence-corrected chi connectivity index (χ0v) is 10.3. The van der Waals surface area contributed by atoms with Crippen molar-refractivity contribution < 1.29 is 8.78 Å². The third kappa shape index (κ3) is 2.35. The van der Waals surface area contributed by atoms with Gasteiger partial charge in [-0.1, -0.05) is 0 Å². The predicted octanol–water partition coefficient (Wildman–Crippen LogP) is 2.13. The summed E-state index contributed by atoms with van der Waals surface area (Å²) in [4.78, 5) is 3.82. The monoisotopic (exact) mass is 268 g/mol. The summed E-state index contributed by atoms with van der Waals surface area (Å²) in [6.07, 6.45) is 3.23. The van der Waals surface area contributed by atoms with E-state index in [1.165, 1.54) is 0 Å². The van der Waals surface area contributed by atoms with Crippen LogP contribution in [0.1, 0.15) is 5.56 Å². The van der Waals surface area contributed by atoms with E-state index in [2.05, 4.69) is 4.98 Å². The normalized spacial score (nSPS) is 10.6. The van der Waals surface area contributed by atoms with Gasteiger partial charge in [0.2, 0.25) is 0 Å². The van der Waals surface area contributed by atoms with Crippen molar-refractivity contribution in [2.45, 2.75) is 10.1 Å². The molecule has 0 amide bonds. The Labute approximate surface area is 106 Å². The van der Waals surface area contributed by atoms with Gasteiger partial charge >= 0.3 is 0 Å².